The number of hydrogen-bond acceptors (Lipinski definition) is 4. The summed E-state index contributed by atoms with van der Waals surface area (Å²) in [5.41, 5.74) is 3.73. The summed E-state index contributed by atoms with van der Waals surface area (Å²) in [6.07, 6.45) is 0.870. The van der Waals surface area contributed by atoms with Crippen LogP contribution in [0.15, 0.2) is 29.4 Å². The van der Waals surface area contributed by atoms with Gasteiger partial charge in [0.1, 0.15) is 0 Å². The normalized spacial score (nSPS) is 15.2. The molecular formula is C10H9N3O3. The smallest absolute Gasteiger partial charge is 0.270 e. The molecule has 1 aromatic rings. The Morgan fingerprint density at radius 3 is 2.81 bits per heavy atom. The highest BCUT2D eigenvalue weighted by Crippen LogP contribution is 2.16. The molecule has 1 aromatic carbocycles. The Kier molecular flexibility index (Phi) is 2.63. The van der Waals surface area contributed by atoms with E-state index in [1.54, 1.807) is 12.1 Å². The largest absolute Gasteiger partial charge is 0.273 e. The van der Waals surface area contributed by atoms with Crippen LogP contribution in [0.4, 0.5) is 5.69 Å². The lowest BCUT2D eigenvalue weighted by Crippen LogP contribution is -2.25. The number of benzene rings is 1. The van der Waals surface area contributed by atoms with E-state index in [1.807, 2.05) is 0 Å². The number of carbonyl (C=O) groups excluding carboxylic acids is 1. The van der Waals surface area contributed by atoms with E-state index >= 15 is 0 Å². The molecule has 0 atom stereocenters. The highest BCUT2D eigenvalue weighted by atomic mass is 16.6. The summed E-state index contributed by atoms with van der Waals surface area (Å²) in [6.45, 7) is 0. The molecule has 0 bridgehead atoms. The van der Waals surface area contributed by atoms with Crippen LogP contribution in [0, 0.1) is 10.1 Å². The van der Waals surface area contributed by atoms with Gasteiger partial charge in [0.25, 0.3) is 5.69 Å². The Morgan fingerprint density at radius 2 is 2.19 bits per heavy atom. The molecule has 1 aliphatic rings. The van der Waals surface area contributed by atoms with Crippen LogP contribution in [-0.4, -0.2) is 16.5 Å². The number of nitro benzene ring substituents is 1. The number of hydrazone groups is 1. The van der Waals surface area contributed by atoms with E-state index in [0.29, 0.717) is 24.1 Å². The second kappa shape index (κ2) is 4.09. The molecule has 0 radical (unpaired) electrons. The topological polar surface area (TPSA) is 84.6 Å². The van der Waals surface area contributed by atoms with Crippen molar-refractivity contribution in [3.63, 3.8) is 0 Å². The molecule has 1 N–H and O–H groups in total. The van der Waals surface area contributed by atoms with Gasteiger partial charge in [-0.1, -0.05) is 12.1 Å². The minimum Gasteiger partial charge on any atom is -0.273 e. The Balaban J connectivity index is 2.30. The highest BCUT2D eigenvalue weighted by Gasteiger charge is 2.15. The number of nitrogens with one attached hydrogen (secondary N) is 1. The van der Waals surface area contributed by atoms with E-state index < -0.39 is 4.92 Å². The van der Waals surface area contributed by atoms with Crippen molar-refractivity contribution >= 4 is 17.3 Å². The van der Waals surface area contributed by atoms with E-state index in [0.717, 1.165) is 0 Å². The molecule has 0 spiro atoms. The van der Waals surface area contributed by atoms with E-state index in [-0.39, 0.29) is 11.6 Å². The SMILES string of the molecule is O=C1CCC(c2cccc([N+](=O)[O-])c2)=NN1. The predicted octanol–water partition coefficient (Wildman–Crippen LogP) is 1.21. The number of rotatable bonds is 2. The fourth-order valence-electron chi connectivity index (χ4n) is 1.48. The van der Waals surface area contributed by atoms with Gasteiger partial charge in [-0.05, 0) is 0 Å². The van der Waals surface area contributed by atoms with E-state index in [2.05, 4.69) is 10.5 Å². The van der Waals surface area contributed by atoms with Crippen LogP contribution in [0.25, 0.3) is 0 Å². The zero-order chi connectivity index (χ0) is 11.5. The minimum atomic E-state index is -0.453. The first-order valence-electron chi connectivity index (χ1n) is 4.77. The van der Waals surface area contributed by atoms with E-state index in [1.165, 1.54) is 12.1 Å². The molecule has 0 fully saturated rings. The van der Waals surface area contributed by atoms with Crippen LogP contribution in [0.3, 0.4) is 0 Å². The number of hydrogen-bond donors (Lipinski definition) is 1. The van der Waals surface area contributed by atoms with Crippen LogP contribution in [0.1, 0.15) is 18.4 Å². The van der Waals surface area contributed by atoms with Crippen LogP contribution in [0.5, 0.6) is 0 Å². The molecule has 2 rings (SSSR count). The van der Waals surface area contributed by atoms with Crippen molar-refractivity contribution in [2.45, 2.75) is 12.8 Å². The third-order valence-electron chi connectivity index (χ3n) is 2.29. The van der Waals surface area contributed by atoms with Gasteiger partial charge < -0.3 is 0 Å². The molecule has 1 heterocycles. The standard InChI is InChI=1S/C10H9N3O3/c14-10-5-4-9(11-12-10)7-2-1-3-8(6-7)13(15)16/h1-3,6H,4-5H2,(H,12,14). The lowest BCUT2D eigenvalue weighted by Gasteiger charge is -2.11. The quantitative estimate of drug-likeness (QED) is 0.599. The maximum absolute atomic E-state index is 10.9. The summed E-state index contributed by atoms with van der Waals surface area (Å²) in [4.78, 5) is 21.0. The summed E-state index contributed by atoms with van der Waals surface area (Å²) in [7, 11) is 0. The molecule has 0 aliphatic carbocycles. The fraction of sp³-hybridized carbons (Fsp3) is 0.200. The number of nitrogens with zero attached hydrogens (tertiary/aromatic N) is 2. The summed E-state index contributed by atoms with van der Waals surface area (Å²) in [5, 5.41) is 14.5. The third kappa shape index (κ3) is 2.05. The minimum absolute atomic E-state index is 0.0251. The number of nitro groups is 1. The molecule has 0 saturated heterocycles. The predicted molar refractivity (Wildman–Crippen MR) is 57.0 cm³/mol. The third-order valence-corrected chi connectivity index (χ3v) is 2.29. The van der Waals surface area contributed by atoms with Crippen molar-refractivity contribution in [2.75, 3.05) is 0 Å². The monoisotopic (exact) mass is 219 g/mol. The van der Waals surface area contributed by atoms with Gasteiger partial charge >= 0.3 is 0 Å². The van der Waals surface area contributed by atoms with Gasteiger partial charge in [0.05, 0.1) is 10.6 Å². The maximum atomic E-state index is 10.9. The zero-order valence-electron chi connectivity index (χ0n) is 8.34. The van der Waals surface area contributed by atoms with Gasteiger partial charge in [0.15, 0.2) is 0 Å². The van der Waals surface area contributed by atoms with Crippen molar-refractivity contribution < 1.29 is 9.72 Å². The van der Waals surface area contributed by atoms with Gasteiger partial charge in [-0.3, -0.25) is 14.9 Å². The Hall–Kier alpha value is -2.24. The molecule has 6 nitrogen and oxygen atoms in total. The lowest BCUT2D eigenvalue weighted by atomic mass is 10.0. The van der Waals surface area contributed by atoms with Crippen molar-refractivity contribution in [3.05, 3.63) is 39.9 Å². The van der Waals surface area contributed by atoms with Crippen molar-refractivity contribution in [3.8, 4) is 0 Å². The second-order valence-electron chi connectivity index (χ2n) is 3.40. The average Bonchev–Trinajstić information content (AvgIpc) is 2.30. The first-order chi connectivity index (χ1) is 7.66. The molecule has 0 aromatic heterocycles. The average molecular weight is 219 g/mol. The summed E-state index contributed by atoms with van der Waals surface area (Å²) < 4.78 is 0. The number of carbonyl (C=O) groups is 1. The van der Waals surface area contributed by atoms with E-state index in [9.17, 15) is 14.9 Å². The summed E-state index contributed by atoms with van der Waals surface area (Å²) in [6, 6.07) is 6.22. The van der Waals surface area contributed by atoms with Gasteiger partial charge in [-0.25, -0.2) is 5.43 Å². The Morgan fingerprint density at radius 1 is 1.38 bits per heavy atom. The van der Waals surface area contributed by atoms with Gasteiger partial charge in [0, 0.05) is 30.5 Å². The molecule has 6 heteroatoms. The van der Waals surface area contributed by atoms with Crippen molar-refractivity contribution in [1.29, 1.82) is 0 Å². The lowest BCUT2D eigenvalue weighted by molar-refractivity contribution is -0.384. The number of amides is 1. The molecule has 1 amide bonds. The maximum Gasteiger partial charge on any atom is 0.270 e. The number of non-ortho nitro benzene ring substituents is 1. The second-order valence-corrected chi connectivity index (χ2v) is 3.40. The van der Waals surface area contributed by atoms with Crippen LogP contribution in [0.2, 0.25) is 0 Å². The van der Waals surface area contributed by atoms with Crippen LogP contribution >= 0.6 is 0 Å². The summed E-state index contributed by atoms with van der Waals surface area (Å²) >= 11 is 0. The molecule has 0 unspecified atom stereocenters. The Bertz CT molecular complexity index is 482. The highest BCUT2D eigenvalue weighted by molar-refractivity contribution is 6.04. The first kappa shape index (κ1) is 10.3. The van der Waals surface area contributed by atoms with Crippen LogP contribution < -0.4 is 5.43 Å². The van der Waals surface area contributed by atoms with Crippen molar-refractivity contribution in [1.82, 2.24) is 5.43 Å². The zero-order valence-corrected chi connectivity index (χ0v) is 8.34. The molecular weight excluding hydrogens is 210 g/mol. The summed E-state index contributed by atoms with van der Waals surface area (Å²) in [5.74, 6) is -0.130. The van der Waals surface area contributed by atoms with Gasteiger partial charge in [-0.15, -0.1) is 0 Å². The first-order valence-corrected chi connectivity index (χ1v) is 4.77. The van der Waals surface area contributed by atoms with Gasteiger partial charge in [-0.2, -0.15) is 5.10 Å². The fourth-order valence-corrected chi connectivity index (χ4v) is 1.48. The Labute approximate surface area is 91.1 Å². The van der Waals surface area contributed by atoms with Crippen LogP contribution in [-0.2, 0) is 4.79 Å². The molecule has 0 saturated carbocycles. The van der Waals surface area contributed by atoms with Crippen molar-refractivity contribution in [2.24, 2.45) is 5.10 Å². The van der Waals surface area contributed by atoms with Gasteiger partial charge in [0.2, 0.25) is 5.91 Å². The van der Waals surface area contributed by atoms with E-state index in [4.69, 9.17) is 0 Å². The molecule has 1 aliphatic heterocycles. The molecule has 82 valence electrons. The molecule has 16 heavy (non-hydrogen) atoms.